The maximum absolute atomic E-state index is 11.9. The molecular formula is C34H60NO6+. The Labute approximate surface area is 250 Å². The first kappa shape index (κ1) is 38.8. The van der Waals surface area contributed by atoms with Crippen molar-refractivity contribution in [2.75, 3.05) is 41.0 Å². The molecule has 2 N–H and O–H groups in total. The normalized spacial score (nSPS) is 14.1. The largest absolute Gasteiger partial charge is 0.477 e. The molecule has 0 rings (SSSR count). The molecule has 0 aromatic carbocycles. The summed E-state index contributed by atoms with van der Waals surface area (Å²) >= 11 is 0. The lowest BCUT2D eigenvalue weighted by Gasteiger charge is -2.31. The smallest absolute Gasteiger partial charge is 0.362 e. The highest BCUT2D eigenvalue weighted by atomic mass is 16.5. The number of carbonyl (C=O) groups is 2. The van der Waals surface area contributed by atoms with E-state index in [1.165, 1.54) is 25.7 Å². The van der Waals surface area contributed by atoms with Crippen molar-refractivity contribution in [3.05, 3.63) is 48.6 Å². The third-order valence-electron chi connectivity index (χ3n) is 6.71. The number of rotatable bonds is 27. The number of esters is 1. The second-order valence-electron chi connectivity index (χ2n) is 11.6. The number of nitrogens with zero attached hydrogens (tertiary/aromatic N) is 1. The van der Waals surface area contributed by atoms with Crippen molar-refractivity contribution in [3.63, 3.8) is 0 Å². The van der Waals surface area contributed by atoms with Gasteiger partial charge in [-0.25, -0.2) is 4.79 Å². The number of carboxylic acids is 1. The number of aliphatic carboxylic acids is 1. The first-order chi connectivity index (χ1) is 19.7. The highest BCUT2D eigenvalue weighted by molar-refractivity contribution is 5.72. The highest BCUT2D eigenvalue weighted by Crippen LogP contribution is 2.10. The fourth-order valence-electron chi connectivity index (χ4n) is 4.19. The summed E-state index contributed by atoms with van der Waals surface area (Å²) < 4.78 is 10.8. The Hall–Kier alpha value is -2.22. The topological polar surface area (TPSA) is 93.1 Å². The zero-order valence-corrected chi connectivity index (χ0v) is 26.5. The van der Waals surface area contributed by atoms with Crippen molar-refractivity contribution in [3.8, 4) is 0 Å². The number of allylic oxidation sites excluding steroid dienone is 8. The summed E-state index contributed by atoms with van der Waals surface area (Å²) in [6, 6.07) is -0.579. The Morgan fingerprint density at radius 1 is 0.732 bits per heavy atom. The molecular weight excluding hydrogens is 518 g/mol. The first-order valence-electron chi connectivity index (χ1n) is 15.7. The van der Waals surface area contributed by atoms with E-state index in [0.717, 1.165) is 57.8 Å². The van der Waals surface area contributed by atoms with Crippen molar-refractivity contribution < 1.29 is 33.8 Å². The van der Waals surface area contributed by atoms with E-state index in [2.05, 4.69) is 55.5 Å². The summed E-state index contributed by atoms with van der Waals surface area (Å²) in [4.78, 5) is 23.2. The van der Waals surface area contributed by atoms with E-state index in [1.807, 2.05) is 21.1 Å². The van der Waals surface area contributed by atoms with Gasteiger partial charge >= 0.3 is 11.9 Å². The summed E-state index contributed by atoms with van der Waals surface area (Å²) in [5.74, 6) is -1.18. The molecule has 0 fully saturated rings. The van der Waals surface area contributed by atoms with Gasteiger partial charge in [-0.05, 0) is 51.4 Å². The number of aliphatic hydroxyl groups is 1. The molecule has 0 amide bonds. The standard InChI is InChI=1S/C34H59NO6/c1-5-6-7-8-9-10-11-12-13-14-15-16-17-18-19-20-21-22-23-24-25-26-33(37)41-30-31(36)29-40-28-27-32(34(38)39)35(2,3)4/h9-10,12-13,15-16,18-19,31-32,36H,5-8,11,14,17,20-30H2,1-4H3/p+1/b10-9+,13-12+,16-15+,19-18+. The number of quaternary nitrogens is 1. The third-order valence-corrected chi connectivity index (χ3v) is 6.71. The van der Waals surface area contributed by atoms with Crippen LogP contribution < -0.4 is 0 Å². The molecule has 0 aromatic rings. The number of likely N-dealkylation sites (N-methyl/N-ethyl adjacent to an activating group) is 1. The van der Waals surface area contributed by atoms with Gasteiger partial charge < -0.3 is 24.2 Å². The van der Waals surface area contributed by atoms with Crippen LogP contribution in [0.3, 0.4) is 0 Å². The molecule has 0 aliphatic carbocycles. The summed E-state index contributed by atoms with van der Waals surface area (Å²) in [5, 5.41) is 19.3. The third kappa shape index (κ3) is 26.4. The number of carboxylic acid groups (broad SMARTS) is 1. The lowest BCUT2D eigenvalue weighted by Crippen LogP contribution is -2.50. The Morgan fingerprint density at radius 2 is 1.24 bits per heavy atom. The quantitative estimate of drug-likeness (QED) is 0.0465. The summed E-state index contributed by atoms with van der Waals surface area (Å²) in [5.41, 5.74) is 0. The van der Waals surface area contributed by atoms with Gasteiger partial charge in [-0.2, -0.15) is 0 Å². The molecule has 41 heavy (non-hydrogen) atoms. The van der Waals surface area contributed by atoms with Gasteiger partial charge in [-0.3, -0.25) is 4.79 Å². The van der Waals surface area contributed by atoms with Crippen LogP contribution in [-0.2, 0) is 19.1 Å². The van der Waals surface area contributed by atoms with Gasteiger partial charge in [0.05, 0.1) is 34.4 Å². The van der Waals surface area contributed by atoms with Gasteiger partial charge in [0, 0.05) is 12.8 Å². The van der Waals surface area contributed by atoms with E-state index in [9.17, 15) is 19.8 Å². The number of unbranched alkanes of at least 4 members (excludes halogenated alkanes) is 8. The van der Waals surface area contributed by atoms with Crippen LogP contribution in [0.2, 0.25) is 0 Å². The second-order valence-corrected chi connectivity index (χ2v) is 11.6. The molecule has 0 spiro atoms. The van der Waals surface area contributed by atoms with E-state index in [0.29, 0.717) is 17.3 Å². The summed E-state index contributed by atoms with van der Waals surface area (Å²) in [6.07, 6.45) is 32.1. The van der Waals surface area contributed by atoms with Gasteiger partial charge in [0.25, 0.3) is 0 Å². The molecule has 2 unspecified atom stereocenters. The fourth-order valence-corrected chi connectivity index (χ4v) is 4.19. The van der Waals surface area contributed by atoms with E-state index in [1.54, 1.807) is 0 Å². The van der Waals surface area contributed by atoms with Crippen molar-refractivity contribution in [1.82, 2.24) is 0 Å². The minimum Gasteiger partial charge on any atom is -0.477 e. The van der Waals surface area contributed by atoms with E-state index < -0.39 is 18.1 Å². The molecule has 7 heteroatoms. The maximum atomic E-state index is 11.9. The summed E-state index contributed by atoms with van der Waals surface area (Å²) in [6.45, 7) is 2.36. The van der Waals surface area contributed by atoms with Crippen molar-refractivity contribution in [1.29, 1.82) is 0 Å². The van der Waals surface area contributed by atoms with E-state index >= 15 is 0 Å². The fraction of sp³-hybridized carbons (Fsp3) is 0.706. The van der Waals surface area contributed by atoms with Crippen LogP contribution in [0.25, 0.3) is 0 Å². The lowest BCUT2D eigenvalue weighted by atomic mass is 10.1. The Balaban J connectivity index is 3.61. The first-order valence-corrected chi connectivity index (χ1v) is 15.7. The van der Waals surface area contributed by atoms with Crippen LogP contribution in [0.1, 0.15) is 103 Å². The summed E-state index contributed by atoms with van der Waals surface area (Å²) in [7, 11) is 5.46. The predicted octanol–water partition coefficient (Wildman–Crippen LogP) is 7.16. The molecule has 0 saturated heterocycles. The molecule has 0 saturated carbocycles. The average molecular weight is 579 g/mol. The van der Waals surface area contributed by atoms with Gasteiger partial charge in [0.2, 0.25) is 0 Å². The molecule has 0 aromatic heterocycles. The zero-order chi connectivity index (χ0) is 30.6. The van der Waals surface area contributed by atoms with E-state index in [4.69, 9.17) is 9.47 Å². The highest BCUT2D eigenvalue weighted by Gasteiger charge is 2.30. The average Bonchev–Trinajstić information content (AvgIpc) is 2.91. The number of ether oxygens (including phenoxy) is 2. The Morgan fingerprint density at radius 3 is 1.78 bits per heavy atom. The number of carbonyl (C=O) groups excluding carboxylic acids is 1. The molecule has 0 aliphatic heterocycles. The van der Waals surface area contributed by atoms with Crippen LogP contribution in [0.4, 0.5) is 0 Å². The molecule has 2 atom stereocenters. The van der Waals surface area contributed by atoms with E-state index in [-0.39, 0.29) is 25.8 Å². The van der Waals surface area contributed by atoms with Crippen molar-refractivity contribution >= 4 is 11.9 Å². The van der Waals surface area contributed by atoms with Gasteiger partial charge in [0.1, 0.15) is 12.7 Å². The number of hydrogen-bond donors (Lipinski definition) is 2. The van der Waals surface area contributed by atoms with Crippen LogP contribution >= 0.6 is 0 Å². The molecule has 0 bridgehead atoms. The minimum absolute atomic E-state index is 0.0101. The van der Waals surface area contributed by atoms with Gasteiger partial charge in [-0.15, -0.1) is 0 Å². The minimum atomic E-state index is -0.913. The Bertz CT molecular complexity index is 766. The molecule has 0 radical (unpaired) electrons. The zero-order valence-electron chi connectivity index (χ0n) is 26.5. The molecule has 7 nitrogen and oxygen atoms in total. The number of aliphatic hydroxyl groups excluding tert-OH is 1. The lowest BCUT2D eigenvalue weighted by molar-refractivity contribution is -0.887. The Kier molecular flexibility index (Phi) is 25.2. The molecule has 0 heterocycles. The molecule has 236 valence electrons. The predicted molar refractivity (Wildman–Crippen MR) is 169 cm³/mol. The monoisotopic (exact) mass is 578 g/mol. The number of hydrogen-bond acceptors (Lipinski definition) is 5. The van der Waals surface area contributed by atoms with Crippen LogP contribution in [-0.4, -0.2) is 79.7 Å². The van der Waals surface area contributed by atoms with Crippen molar-refractivity contribution in [2.45, 2.75) is 115 Å². The van der Waals surface area contributed by atoms with Gasteiger partial charge in [0.15, 0.2) is 6.04 Å². The van der Waals surface area contributed by atoms with Crippen molar-refractivity contribution in [2.24, 2.45) is 0 Å². The van der Waals surface area contributed by atoms with Crippen LogP contribution in [0.5, 0.6) is 0 Å². The second kappa shape index (κ2) is 26.7. The maximum Gasteiger partial charge on any atom is 0.362 e. The molecule has 0 aliphatic rings. The van der Waals surface area contributed by atoms with Crippen LogP contribution in [0.15, 0.2) is 48.6 Å². The van der Waals surface area contributed by atoms with Gasteiger partial charge in [-0.1, -0.05) is 87.6 Å². The SMILES string of the molecule is CCCCC/C=C/C/C=C/C/C=C/C/C=C/CCCCCCCC(=O)OCC(O)COCCC(C(=O)O)[N+](C)(C)C. The van der Waals surface area contributed by atoms with Crippen LogP contribution in [0, 0.1) is 0 Å².